The van der Waals surface area contributed by atoms with E-state index in [0.717, 1.165) is 11.2 Å². The fraction of sp³-hybridized carbons (Fsp3) is 0.0769. The van der Waals surface area contributed by atoms with Crippen LogP contribution in [-0.2, 0) is 0 Å². The van der Waals surface area contributed by atoms with Crippen molar-refractivity contribution in [3.05, 3.63) is 45.5 Å². The van der Waals surface area contributed by atoms with Crippen LogP contribution in [-0.4, -0.2) is 0 Å². The van der Waals surface area contributed by atoms with E-state index in [9.17, 15) is 0 Å². The zero-order valence-electron chi connectivity index (χ0n) is 8.25. The first-order valence-electron chi connectivity index (χ1n) is 4.84. The second-order valence-corrected chi connectivity index (χ2v) is 4.83. The van der Waals surface area contributed by atoms with Crippen molar-refractivity contribution in [2.75, 3.05) is 0 Å². The van der Waals surface area contributed by atoms with Crippen molar-refractivity contribution in [2.24, 2.45) is 0 Å². The fourth-order valence-electron chi connectivity index (χ4n) is 2.00. The molecule has 1 heterocycles. The molecule has 3 rings (SSSR count). The van der Waals surface area contributed by atoms with E-state index in [1.165, 1.54) is 19.9 Å². The van der Waals surface area contributed by atoms with Crippen molar-refractivity contribution in [2.45, 2.75) is 6.92 Å². The summed E-state index contributed by atoms with van der Waals surface area (Å²) < 4.78 is 7.06. The van der Waals surface area contributed by atoms with E-state index in [2.05, 4.69) is 41.6 Å². The molecule has 0 amide bonds. The lowest BCUT2D eigenvalue weighted by molar-refractivity contribution is 0.668. The van der Waals surface area contributed by atoms with Gasteiger partial charge in [0.15, 0.2) is 0 Å². The molecule has 0 radical (unpaired) electrons. The summed E-state index contributed by atoms with van der Waals surface area (Å²) in [5, 5.41) is 2.49. The van der Waals surface area contributed by atoms with Crippen LogP contribution in [0.2, 0.25) is 0 Å². The highest BCUT2D eigenvalue weighted by Gasteiger charge is 2.10. The third kappa shape index (κ3) is 1.28. The van der Waals surface area contributed by atoms with Crippen molar-refractivity contribution in [1.29, 1.82) is 0 Å². The fourth-order valence-corrected chi connectivity index (χ4v) is 2.74. The first-order valence-corrected chi connectivity index (χ1v) is 5.91. The first kappa shape index (κ1) is 9.21. The van der Waals surface area contributed by atoms with Crippen LogP contribution >= 0.6 is 22.6 Å². The minimum Gasteiger partial charge on any atom is -0.456 e. The monoisotopic (exact) mass is 308 g/mol. The Hall–Kier alpha value is -1.03. The zero-order valence-corrected chi connectivity index (χ0v) is 10.4. The Morgan fingerprint density at radius 3 is 2.40 bits per heavy atom. The average molecular weight is 308 g/mol. The predicted molar refractivity (Wildman–Crippen MR) is 71.2 cm³/mol. The van der Waals surface area contributed by atoms with Gasteiger partial charge in [0, 0.05) is 14.3 Å². The third-order valence-electron chi connectivity index (χ3n) is 2.68. The molecular weight excluding hydrogens is 299 g/mol. The van der Waals surface area contributed by atoms with E-state index in [1.54, 1.807) is 0 Å². The second kappa shape index (κ2) is 3.23. The molecule has 0 spiro atoms. The Kier molecular flexibility index (Phi) is 1.99. The lowest BCUT2D eigenvalue weighted by Crippen LogP contribution is -1.76. The highest BCUT2D eigenvalue weighted by molar-refractivity contribution is 14.1. The van der Waals surface area contributed by atoms with Gasteiger partial charge in [-0.25, -0.2) is 0 Å². The average Bonchev–Trinajstić information content (AvgIpc) is 2.58. The predicted octanol–water partition coefficient (Wildman–Crippen LogP) is 4.50. The number of hydrogen-bond acceptors (Lipinski definition) is 1. The van der Waals surface area contributed by atoms with Crippen molar-refractivity contribution in [3.8, 4) is 0 Å². The van der Waals surface area contributed by atoms with Crippen molar-refractivity contribution >= 4 is 44.5 Å². The molecule has 3 aromatic rings. The van der Waals surface area contributed by atoms with E-state index in [-0.39, 0.29) is 0 Å². The molecule has 0 aliphatic rings. The SMILES string of the molecule is Cc1cccc2oc3cccc(I)c3c12. The Balaban J connectivity index is 2.67. The van der Waals surface area contributed by atoms with Crippen LogP contribution < -0.4 is 0 Å². The van der Waals surface area contributed by atoms with Crippen LogP contribution in [0.4, 0.5) is 0 Å². The first-order chi connectivity index (χ1) is 7.27. The number of aryl methyl sites for hydroxylation is 1. The molecule has 0 fully saturated rings. The van der Waals surface area contributed by atoms with E-state index >= 15 is 0 Å². The molecule has 0 saturated carbocycles. The summed E-state index contributed by atoms with van der Waals surface area (Å²) in [4.78, 5) is 0. The van der Waals surface area contributed by atoms with Crippen LogP contribution in [0.1, 0.15) is 5.56 Å². The highest BCUT2D eigenvalue weighted by atomic mass is 127. The van der Waals surface area contributed by atoms with Gasteiger partial charge in [0.1, 0.15) is 11.2 Å². The minimum absolute atomic E-state index is 0.978. The summed E-state index contributed by atoms with van der Waals surface area (Å²) in [7, 11) is 0. The molecule has 1 aromatic heterocycles. The molecule has 0 unspecified atom stereocenters. The number of furan rings is 1. The standard InChI is InChI=1S/C13H9IO/c1-8-4-2-6-10-12(8)13-9(14)5-3-7-11(13)15-10/h2-7H,1H3. The maximum absolute atomic E-state index is 5.81. The van der Waals surface area contributed by atoms with Crippen LogP contribution in [0, 0.1) is 10.5 Å². The van der Waals surface area contributed by atoms with Crippen LogP contribution in [0.15, 0.2) is 40.8 Å². The molecule has 2 heteroatoms. The summed E-state index contributed by atoms with van der Waals surface area (Å²) >= 11 is 2.36. The Labute approximate surface area is 101 Å². The number of hydrogen-bond donors (Lipinski definition) is 0. The molecule has 0 N–H and O–H groups in total. The maximum Gasteiger partial charge on any atom is 0.136 e. The molecule has 15 heavy (non-hydrogen) atoms. The second-order valence-electron chi connectivity index (χ2n) is 3.66. The summed E-state index contributed by atoms with van der Waals surface area (Å²) in [6.07, 6.45) is 0. The van der Waals surface area contributed by atoms with Crippen molar-refractivity contribution < 1.29 is 4.42 Å². The van der Waals surface area contributed by atoms with E-state index < -0.39 is 0 Å². The van der Waals surface area contributed by atoms with Crippen LogP contribution in [0.5, 0.6) is 0 Å². The topological polar surface area (TPSA) is 13.1 Å². The Morgan fingerprint density at radius 2 is 1.60 bits per heavy atom. The summed E-state index contributed by atoms with van der Waals surface area (Å²) in [6.45, 7) is 2.13. The van der Waals surface area contributed by atoms with E-state index in [0.29, 0.717) is 0 Å². The number of rotatable bonds is 0. The van der Waals surface area contributed by atoms with Gasteiger partial charge in [-0.2, -0.15) is 0 Å². The van der Waals surface area contributed by atoms with Crippen molar-refractivity contribution in [3.63, 3.8) is 0 Å². The van der Waals surface area contributed by atoms with Gasteiger partial charge in [-0.15, -0.1) is 0 Å². The van der Waals surface area contributed by atoms with Gasteiger partial charge in [-0.3, -0.25) is 0 Å². The summed E-state index contributed by atoms with van der Waals surface area (Å²) in [6, 6.07) is 12.4. The van der Waals surface area contributed by atoms with Gasteiger partial charge in [0.25, 0.3) is 0 Å². The van der Waals surface area contributed by atoms with Crippen molar-refractivity contribution in [1.82, 2.24) is 0 Å². The smallest absolute Gasteiger partial charge is 0.136 e. The number of halogens is 1. The summed E-state index contributed by atoms with van der Waals surface area (Å²) in [5.74, 6) is 0. The van der Waals surface area contributed by atoms with Gasteiger partial charge in [0.05, 0.1) is 0 Å². The van der Waals surface area contributed by atoms with Gasteiger partial charge in [-0.05, 0) is 53.3 Å². The van der Waals surface area contributed by atoms with Crippen LogP contribution in [0.25, 0.3) is 21.9 Å². The van der Waals surface area contributed by atoms with Gasteiger partial charge >= 0.3 is 0 Å². The quantitative estimate of drug-likeness (QED) is 0.557. The third-order valence-corrected chi connectivity index (χ3v) is 3.58. The molecule has 0 aliphatic heterocycles. The molecule has 1 nitrogen and oxygen atoms in total. The number of fused-ring (bicyclic) bond motifs is 3. The molecule has 0 bridgehead atoms. The van der Waals surface area contributed by atoms with Gasteiger partial charge in [-0.1, -0.05) is 18.2 Å². The molecule has 74 valence electrons. The maximum atomic E-state index is 5.81. The molecular formula is C13H9IO. The van der Waals surface area contributed by atoms with Crippen LogP contribution in [0.3, 0.4) is 0 Å². The zero-order chi connectivity index (χ0) is 10.4. The Morgan fingerprint density at radius 1 is 0.933 bits per heavy atom. The largest absolute Gasteiger partial charge is 0.456 e. The van der Waals surface area contributed by atoms with E-state index in [4.69, 9.17) is 4.42 Å². The lowest BCUT2D eigenvalue weighted by atomic mass is 10.1. The highest BCUT2D eigenvalue weighted by Crippen LogP contribution is 2.33. The molecule has 2 aromatic carbocycles. The number of benzene rings is 2. The lowest BCUT2D eigenvalue weighted by Gasteiger charge is -1.96. The molecule has 0 aliphatic carbocycles. The molecule has 0 saturated heterocycles. The Bertz CT molecular complexity index is 596. The molecule has 0 atom stereocenters. The summed E-state index contributed by atoms with van der Waals surface area (Å²) in [5.41, 5.74) is 3.23. The normalized spacial score (nSPS) is 11.3. The van der Waals surface area contributed by atoms with E-state index in [1.807, 2.05) is 24.3 Å². The van der Waals surface area contributed by atoms with Gasteiger partial charge in [0.2, 0.25) is 0 Å². The van der Waals surface area contributed by atoms with Gasteiger partial charge < -0.3 is 4.42 Å². The minimum atomic E-state index is 0.978.